The minimum Gasteiger partial charge on any atom is -0.354 e. The second-order valence-electron chi connectivity index (χ2n) is 7.64. The predicted octanol–water partition coefficient (Wildman–Crippen LogP) is 4.30. The summed E-state index contributed by atoms with van der Waals surface area (Å²) in [6.45, 7) is 6.73. The van der Waals surface area contributed by atoms with Crippen LogP contribution in [0.4, 0.5) is 0 Å². The van der Waals surface area contributed by atoms with E-state index in [0.717, 1.165) is 53.7 Å². The lowest BCUT2D eigenvalue weighted by atomic mass is 9.74. The van der Waals surface area contributed by atoms with Crippen molar-refractivity contribution in [2.45, 2.75) is 46.5 Å². The van der Waals surface area contributed by atoms with Crippen LogP contribution in [0.25, 0.3) is 21.8 Å². The first-order chi connectivity index (χ1) is 11.5. The Hall–Kier alpha value is -2.36. The van der Waals surface area contributed by atoms with Crippen LogP contribution in [0.2, 0.25) is 0 Å². The number of nitrogens with one attached hydrogen (secondary N) is 1. The van der Waals surface area contributed by atoms with Gasteiger partial charge in [0.25, 0.3) is 0 Å². The van der Waals surface area contributed by atoms with E-state index in [1.165, 1.54) is 16.5 Å². The van der Waals surface area contributed by atoms with E-state index in [9.17, 15) is 0 Å². The molecule has 1 aromatic carbocycles. The van der Waals surface area contributed by atoms with Gasteiger partial charge >= 0.3 is 0 Å². The molecule has 0 radical (unpaired) electrons. The zero-order chi connectivity index (χ0) is 16.9. The molecule has 4 rings (SSSR count). The van der Waals surface area contributed by atoms with E-state index >= 15 is 0 Å². The summed E-state index contributed by atoms with van der Waals surface area (Å²) in [5.74, 6) is 5.77. The summed E-state index contributed by atoms with van der Waals surface area (Å²) in [6, 6.07) is 8.46. The number of para-hydroxylation sites is 1. The highest BCUT2D eigenvalue weighted by Crippen LogP contribution is 2.40. The molecule has 0 saturated carbocycles. The number of H-pyrrole nitrogens is 1. The number of rotatable bonds is 2. The van der Waals surface area contributed by atoms with Crippen LogP contribution < -0.4 is 5.84 Å². The average Bonchev–Trinajstić information content (AvgIpc) is 2.92. The first kappa shape index (κ1) is 15.2. The summed E-state index contributed by atoms with van der Waals surface area (Å²) in [5.41, 5.74) is 6.87. The maximum absolute atomic E-state index is 5.77. The summed E-state index contributed by atoms with van der Waals surface area (Å²) < 4.78 is 0. The summed E-state index contributed by atoms with van der Waals surface area (Å²) in [7, 11) is 0. The van der Waals surface area contributed by atoms with Crippen molar-refractivity contribution in [2.75, 3.05) is 0 Å². The Labute approximate surface area is 142 Å². The summed E-state index contributed by atoms with van der Waals surface area (Å²) >= 11 is 0. The van der Waals surface area contributed by atoms with Crippen LogP contribution in [0, 0.1) is 5.41 Å². The van der Waals surface area contributed by atoms with Crippen molar-refractivity contribution in [1.82, 2.24) is 9.97 Å². The first-order valence-electron chi connectivity index (χ1n) is 8.73. The van der Waals surface area contributed by atoms with E-state index in [4.69, 9.17) is 10.8 Å². The highest BCUT2D eigenvalue weighted by Gasteiger charge is 2.33. The van der Waals surface area contributed by atoms with Crippen LogP contribution in [-0.4, -0.2) is 15.7 Å². The Kier molecular flexibility index (Phi) is 3.37. The molecule has 3 aromatic rings. The Balaban J connectivity index is 2.13. The van der Waals surface area contributed by atoms with E-state index in [0.29, 0.717) is 0 Å². The zero-order valence-corrected chi connectivity index (χ0v) is 14.6. The number of aryl methyl sites for hydroxylation is 1. The fraction of sp³-hybridized carbons (Fsp3) is 0.400. The lowest BCUT2D eigenvalue weighted by Gasteiger charge is -2.32. The molecule has 0 fully saturated rings. The number of nitrogens with two attached hydrogens (primary N) is 1. The highest BCUT2D eigenvalue weighted by molar-refractivity contribution is 6.18. The van der Waals surface area contributed by atoms with Gasteiger partial charge in [-0.3, -0.25) is 4.98 Å². The van der Waals surface area contributed by atoms with Gasteiger partial charge in [-0.25, -0.2) is 0 Å². The average molecular weight is 320 g/mol. The van der Waals surface area contributed by atoms with E-state index in [1.807, 2.05) is 0 Å². The van der Waals surface area contributed by atoms with Crippen LogP contribution in [0.5, 0.6) is 0 Å². The predicted molar refractivity (Wildman–Crippen MR) is 100 cm³/mol. The third-order valence-electron chi connectivity index (χ3n) is 5.03. The summed E-state index contributed by atoms with van der Waals surface area (Å²) in [4.78, 5) is 8.71. The molecule has 3 N–H and O–H groups in total. The van der Waals surface area contributed by atoms with Gasteiger partial charge in [0.1, 0.15) is 0 Å². The van der Waals surface area contributed by atoms with Crippen LogP contribution >= 0.6 is 0 Å². The number of fused-ring (bicyclic) bond motifs is 5. The normalized spacial score (nSPS) is 18.4. The van der Waals surface area contributed by atoms with Gasteiger partial charge in [0.05, 0.1) is 22.6 Å². The van der Waals surface area contributed by atoms with Gasteiger partial charge in [0, 0.05) is 21.9 Å². The SMILES string of the molecule is CCCc1nc2c(c3[nH]c4ccccc4c13)/C(=N\N)CC(C)(C)C2. The topological polar surface area (TPSA) is 67.1 Å². The van der Waals surface area contributed by atoms with Crippen molar-refractivity contribution in [1.29, 1.82) is 0 Å². The second kappa shape index (κ2) is 5.33. The van der Waals surface area contributed by atoms with Crippen molar-refractivity contribution in [3.05, 3.63) is 41.2 Å². The van der Waals surface area contributed by atoms with Gasteiger partial charge in [0.15, 0.2) is 0 Å². The van der Waals surface area contributed by atoms with Gasteiger partial charge in [0.2, 0.25) is 0 Å². The van der Waals surface area contributed by atoms with Crippen molar-refractivity contribution in [2.24, 2.45) is 16.4 Å². The molecule has 124 valence electrons. The molecule has 0 spiro atoms. The molecular formula is C20H24N4. The van der Waals surface area contributed by atoms with Crippen molar-refractivity contribution < 1.29 is 0 Å². The van der Waals surface area contributed by atoms with Crippen LogP contribution in [0.15, 0.2) is 29.4 Å². The molecule has 0 saturated heterocycles. The maximum Gasteiger partial charge on any atom is 0.0717 e. The highest BCUT2D eigenvalue weighted by atomic mass is 15.1. The van der Waals surface area contributed by atoms with Crippen molar-refractivity contribution >= 4 is 27.5 Å². The number of hydrogen-bond acceptors (Lipinski definition) is 3. The van der Waals surface area contributed by atoms with E-state index in [-0.39, 0.29) is 5.41 Å². The van der Waals surface area contributed by atoms with Crippen LogP contribution in [-0.2, 0) is 12.8 Å². The van der Waals surface area contributed by atoms with E-state index in [1.54, 1.807) is 0 Å². The lowest BCUT2D eigenvalue weighted by Crippen LogP contribution is -2.29. The van der Waals surface area contributed by atoms with Gasteiger partial charge in [-0.05, 0) is 30.7 Å². The minimum absolute atomic E-state index is 0.140. The summed E-state index contributed by atoms with van der Waals surface area (Å²) in [6.07, 6.45) is 3.92. The molecule has 0 amide bonds. The molecule has 4 nitrogen and oxygen atoms in total. The zero-order valence-electron chi connectivity index (χ0n) is 14.6. The Morgan fingerprint density at radius 1 is 1.25 bits per heavy atom. The summed E-state index contributed by atoms with van der Waals surface area (Å²) in [5, 5.41) is 6.62. The Morgan fingerprint density at radius 3 is 2.79 bits per heavy atom. The molecule has 24 heavy (non-hydrogen) atoms. The van der Waals surface area contributed by atoms with Gasteiger partial charge in [-0.2, -0.15) is 5.10 Å². The molecule has 0 aliphatic heterocycles. The lowest BCUT2D eigenvalue weighted by molar-refractivity contribution is 0.367. The third-order valence-corrected chi connectivity index (χ3v) is 5.03. The monoisotopic (exact) mass is 320 g/mol. The molecule has 0 atom stereocenters. The van der Waals surface area contributed by atoms with Gasteiger partial charge in [-0.1, -0.05) is 45.4 Å². The van der Waals surface area contributed by atoms with Gasteiger partial charge < -0.3 is 10.8 Å². The molecule has 1 aliphatic carbocycles. The fourth-order valence-electron chi connectivity index (χ4n) is 4.07. The molecule has 2 heterocycles. The smallest absolute Gasteiger partial charge is 0.0717 e. The molecule has 2 aromatic heterocycles. The number of hydrogen-bond donors (Lipinski definition) is 2. The number of aromatic amines is 1. The Morgan fingerprint density at radius 2 is 2.04 bits per heavy atom. The van der Waals surface area contributed by atoms with Crippen LogP contribution in [0.1, 0.15) is 50.6 Å². The quantitative estimate of drug-likeness (QED) is 0.546. The number of pyridine rings is 1. The molecule has 4 heteroatoms. The molecule has 0 unspecified atom stereocenters. The van der Waals surface area contributed by atoms with E-state index < -0.39 is 0 Å². The molecule has 1 aliphatic rings. The maximum atomic E-state index is 5.77. The third kappa shape index (κ3) is 2.20. The van der Waals surface area contributed by atoms with E-state index in [2.05, 4.69) is 55.1 Å². The van der Waals surface area contributed by atoms with Crippen molar-refractivity contribution in [3.63, 3.8) is 0 Å². The number of hydrazone groups is 1. The number of nitrogens with zero attached hydrogens (tertiary/aromatic N) is 2. The largest absolute Gasteiger partial charge is 0.354 e. The second-order valence-corrected chi connectivity index (χ2v) is 7.64. The van der Waals surface area contributed by atoms with Gasteiger partial charge in [-0.15, -0.1) is 0 Å². The molecule has 0 bridgehead atoms. The number of aromatic nitrogens is 2. The standard InChI is InChI=1S/C20H24N4/c1-4-7-14-17-12-8-5-6-9-13(12)23-19(17)18-15(22-14)10-20(2,3)11-16(18)24-21/h5-6,8-9,23H,4,7,10-11,21H2,1-3H3/b24-16-. The van der Waals surface area contributed by atoms with Crippen LogP contribution in [0.3, 0.4) is 0 Å². The minimum atomic E-state index is 0.140. The van der Waals surface area contributed by atoms with Crippen molar-refractivity contribution in [3.8, 4) is 0 Å². The first-order valence-corrected chi connectivity index (χ1v) is 8.73. The fourth-order valence-corrected chi connectivity index (χ4v) is 4.07. The molecular weight excluding hydrogens is 296 g/mol. The Bertz CT molecular complexity index is 963. The number of benzene rings is 1.